The van der Waals surface area contributed by atoms with E-state index in [4.69, 9.17) is 23.2 Å². The van der Waals surface area contributed by atoms with Crippen LogP contribution in [0.25, 0.3) is 0 Å². The van der Waals surface area contributed by atoms with Crippen molar-refractivity contribution < 1.29 is 4.79 Å². The molecule has 0 aliphatic carbocycles. The predicted octanol–water partition coefficient (Wildman–Crippen LogP) is 3.34. The number of aromatic nitrogens is 2. The molecule has 0 fully saturated rings. The summed E-state index contributed by atoms with van der Waals surface area (Å²) in [6.07, 6.45) is 3.08. The van der Waals surface area contributed by atoms with Crippen molar-refractivity contribution in [3.8, 4) is 0 Å². The zero-order valence-corrected chi connectivity index (χ0v) is 11.7. The molecular weight excluding hydrogens is 293 g/mol. The summed E-state index contributed by atoms with van der Waals surface area (Å²) >= 11 is 13.0. The van der Waals surface area contributed by atoms with Crippen LogP contribution in [-0.4, -0.2) is 15.9 Å². The Labute approximate surface area is 118 Å². The molecule has 0 radical (unpaired) electrons. The summed E-state index contributed by atoms with van der Waals surface area (Å²) in [4.78, 5) is 19.9. The zero-order valence-electron chi connectivity index (χ0n) is 9.35. The Kier molecular flexibility index (Phi) is 4.16. The average Bonchev–Trinajstić information content (AvgIpc) is 2.86. The molecule has 2 rings (SSSR count). The van der Waals surface area contributed by atoms with E-state index in [1.54, 1.807) is 6.20 Å². The lowest BCUT2D eigenvalue weighted by Gasteiger charge is -2.11. The highest BCUT2D eigenvalue weighted by atomic mass is 35.5. The number of halogens is 2. The molecular formula is C11H9Cl2N3OS. The van der Waals surface area contributed by atoms with Crippen molar-refractivity contribution in [3.63, 3.8) is 0 Å². The smallest absolute Gasteiger partial charge is 0.253 e. The summed E-state index contributed by atoms with van der Waals surface area (Å²) in [5.41, 5.74) is 0.368. The van der Waals surface area contributed by atoms with Gasteiger partial charge in [-0.3, -0.25) is 4.79 Å². The quantitative estimate of drug-likeness (QED) is 0.885. The molecule has 0 bridgehead atoms. The number of rotatable bonds is 3. The Morgan fingerprint density at radius 1 is 1.44 bits per heavy atom. The molecule has 18 heavy (non-hydrogen) atoms. The second-order valence-corrected chi connectivity index (χ2v) is 5.25. The zero-order chi connectivity index (χ0) is 13.1. The van der Waals surface area contributed by atoms with Crippen molar-refractivity contribution in [2.45, 2.75) is 13.0 Å². The molecule has 1 unspecified atom stereocenters. The molecule has 0 spiro atoms. The van der Waals surface area contributed by atoms with Crippen molar-refractivity contribution in [3.05, 3.63) is 44.6 Å². The van der Waals surface area contributed by atoms with Crippen LogP contribution in [0.2, 0.25) is 10.2 Å². The van der Waals surface area contributed by atoms with Gasteiger partial charge in [0.15, 0.2) is 0 Å². The van der Waals surface area contributed by atoms with Crippen molar-refractivity contribution in [2.75, 3.05) is 0 Å². The van der Waals surface area contributed by atoms with E-state index in [2.05, 4.69) is 15.3 Å². The third-order valence-electron chi connectivity index (χ3n) is 2.23. The van der Waals surface area contributed by atoms with E-state index in [0.717, 1.165) is 5.01 Å². The highest BCUT2D eigenvalue weighted by Gasteiger charge is 2.14. The SMILES string of the molecule is CC(NC(=O)c1cnc(Cl)c(Cl)c1)c1nccs1. The van der Waals surface area contributed by atoms with Crippen LogP contribution in [-0.2, 0) is 0 Å². The standard InChI is InChI=1S/C11H9Cl2N3OS/c1-6(11-14-2-3-18-11)16-10(17)7-4-8(12)9(13)15-5-7/h2-6H,1H3,(H,16,17). The number of hydrogen-bond donors (Lipinski definition) is 1. The second kappa shape index (κ2) is 5.65. The lowest BCUT2D eigenvalue weighted by molar-refractivity contribution is 0.0939. The summed E-state index contributed by atoms with van der Waals surface area (Å²) in [5, 5.41) is 5.95. The summed E-state index contributed by atoms with van der Waals surface area (Å²) in [5.74, 6) is -0.260. The summed E-state index contributed by atoms with van der Waals surface area (Å²) < 4.78 is 0. The predicted molar refractivity (Wildman–Crippen MR) is 72.3 cm³/mol. The summed E-state index contributed by atoms with van der Waals surface area (Å²) in [6, 6.07) is 1.33. The van der Waals surface area contributed by atoms with Gasteiger partial charge in [-0.05, 0) is 13.0 Å². The number of pyridine rings is 1. The molecule has 0 aromatic carbocycles. The van der Waals surface area contributed by atoms with Crippen LogP contribution < -0.4 is 5.32 Å². The maximum Gasteiger partial charge on any atom is 0.253 e. The second-order valence-electron chi connectivity index (χ2n) is 3.56. The van der Waals surface area contributed by atoms with E-state index in [9.17, 15) is 4.79 Å². The molecule has 0 saturated heterocycles. The van der Waals surface area contributed by atoms with Gasteiger partial charge in [0.2, 0.25) is 0 Å². The van der Waals surface area contributed by atoms with Gasteiger partial charge in [0.25, 0.3) is 5.91 Å². The van der Waals surface area contributed by atoms with Crippen molar-refractivity contribution in [2.24, 2.45) is 0 Å². The van der Waals surface area contributed by atoms with Gasteiger partial charge in [-0.2, -0.15) is 0 Å². The summed E-state index contributed by atoms with van der Waals surface area (Å²) in [7, 11) is 0. The van der Waals surface area contributed by atoms with Crippen LogP contribution >= 0.6 is 34.5 Å². The molecule has 1 N–H and O–H groups in total. The van der Waals surface area contributed by atoms with E-state index in [0.29, 0.717) is 5.56 Å². The van der Waals surface area contributed by atoms with E-state index >= 15 is 0 Å². The first kappa shape index (κ1) is 13.3. The molecule has 1 atom stereocenters. The van der Waals surface area contributed by atoms with Gasteiger partial charge >= 0.3 is 0 Å². The maximum absolute atomic E-state index is 11.9. The fraction of sp³-hybridized carbons (Fsp3) is 0.182. The first-order chi connectivity index (χ1) is 8.58. The lowest BCUT2D eigenvalue weighted by Crippen LogP contribution is -2.26. The highest BCUT2D eigenvalue weighted by Crippen LogP contribution is 2.20. The highest BCUT2D eigenvalue weighted by molar-refractivity contribution is 7.09. The number of amides is 1. The number of thiazole rings is 1. The lowest BCUT2D eigenvalue weighted by atomic mass is 10.2. The normalized spacial score (nSPS) is 12.2. The first-order valence-corrected chi connectivity index (χ1v) is 6.73. The molecule has 2 heterocycles. The Morgan fingerprint density at radius 3 is 2.83 bits per heavy atom. The molecule has 1 amide bonds. The fourth-order valence-electron chi connectivity index (χ4n) is 1.34. The van der Waals surface area contributed by atoms with Crippen LogP contribution in [0.5, 0.6) is 0 Å². The van der Waals surface area contributed by atoms with Gasteiger partial charge in [0, 0.05) is 17.8 Å². The molecule has 2 aromatic heterocycles. The van der Waals surface area contributed by atoms with E-state index in [1.807, 2.05) is 12.3 Å². The van der Waals surface area contributed by atoms with Crippen molar-refractivity contribution in [1.82, 2.24) is 15.3 Å². The minimum atomic E-state index is -0.260. The Morgan fingerprint density at radius 2 is 2.22 bits per heavy atom. The van der Waals surface area contributed by atoms with Crippen LogP contribution in [0.15, 0.2) is 23.8 Å². The maximum atomic E-state index is 11.9. The van der Waals surface area contributed by atoms with Gasteiger partial charge in [-0.25, -0.2) is 9.97 Å². The molecule has 7 heteroatoms. The number of hydrogen-bond acceptors (Lipinski definition) is 4. The van der Waals surface area contributed by atoms with Crippen LogP contribution in [0.4, 0.5) is 0 Å². The average molecular weight is 302 g/mol. The van der Waals surface area contributed by atoms with Crippen molar-refractivity contribution >= 4 is 40.4 Å². The third kappa shape index (κ3) is 2.98. The summed E-state index contributed by atoms with van der Waals surface area (Å²) in [6.45, 7) is 1.86. The fourth-order valence-corrected chi connectivity index (χ4v) is 2.25. The molecule has 0 aliphatic heterocycles. The largest absolute Gasteiger partial charge is 0.343 e. The molecule has 0 aliphatic rings. The Bertz CT molecular complexity index is 559. The van der Waals surface area contributed by atoms with Crippen molar-refractivity contribution in [1.29, 1.82) is 0 Å². The van der Waals surface area contributed by atoms with E-state index < -0.39 is 0 Å². The topological polar surface area (TPSA) is 54.9 Å². The molecule has 0 saturated carbocycles. The number of carbonyl (C=O) groups is 1. The van der Waals surface area contributed by atoms with E-state index in [-0.39, 0.29) is 22.1 Å². The number of carbonyl (C=O) groups excluding carboxylic acids is 1. The Hall–Kier alpha value is -1.17. The molecule has 2 aromatic rings. The minimum Gasteiger partial charge on any atom is -0.343 e. The van der Waals surface area contributed by atoms with Crippen LogP contribution in [0.1, 0.15) is 28.3 Å². The molecule has 4 nitrogen and oxygen atoms in total. The van der Waals surface area contributed by atoms with Crippen LogP contribution in [0.3, 0.4) is 0 Å². The minimum absolute atomic E-state index is 0.160. The van der Waals surface area contributed by atoms with Gasteiger partial charge < -0.3 is 5.32 Å². The number of nitrogens with zero attached hydrogens (tertiary/aromatic N) is 2. The van der Waals surface area contributed by atoms with Gasteiger partial charge in [0.1, 0.15) is 10.2 Å². The monoisotopic (exact) mass is 301 g/mol. The third-order valence-corrected chi connectivity index (χ3v) is 3.87. The van der Waals surface area contributed by atoms with Gasteiger partial charge in [-0.1, -0.05) is 23.2 Å². The van der Waals surface area contributed by atoms with Gasteiger partial charge in [-0.15, -0.1) is 11.3 Å². The number of nitrogens with one attached hydrogen (secondary N) is 1. The molecule has 94 valence electrons. The first-order valence-electron chi connectivity index (χ1n) is 5.09. The van der Waals surface area contributed by atoms with E-state index in [1.165, 1.54) is 23.6 Å². The van der Waals surface area contributed by atoms with Crippen LogP contribution in [0, 0.1) is 0 Å². The Balaban J connectivity index is 2.10. The van der Waals surface area contributed by atoms with Gasteiger partial charge in [0.05, 0.1) is 16.6 Å².